The van der Waals surface area contributed by atoms with Crippen LogP contribution in [0.15, 0.2) is 291 Å². The van der Waals surface area contributed by atoms with Crippen molar-refractivity contribution < 1.29 is 0 Å². The molecule has 0 radical (unpaired) electrons. The van der Waals surface area contributed by atoms with Crippen LogP contribution in [0.1, 0.15) is 132 Å². The van der Waals surface area contributed by atoms with Crippen molar-refractivity contribution in [2.75, 3.05) is 9.80 Å². The lowest BCUT2D eigenvalue weighted by molar-refractivity contribution is 0.590. The first-order chi connectivity index (χ1) is 50.2. The molecule has 2 nitrogen and oxygen atoms in total. The summed E-state index contributed by atoms with van der Waals surface area (Å²) in [5, 5.41) is 7.78. The molecule has 0 saturated carbocycles. The van der Waals surface area contributed by atoms with Crippen LogP contribution in [-0.2, 0) is 27.1 Å². The highest BCUT2D eigenvalue weighted by atomic mass is 15.2. The first-order valence-corrected chi connectivity index (χ1v) is 37.8. The molecule has 0 spiro atoms. The van der Waals surface area contributed by atoms with Crippen LogP contribution in [0.4, 0.5) is 34.1 Å². The predicted octanol–water partition coefficient (Wildman–Crippen LogP) is 26.8. The van der Waals surface area contributed by atoms with Gasteiger partial charge in [0.2, 0.25) is 0 Å². The second kappa shape index (κ2) is 24.8. The molecule has 2 aliphatic rings. The molecule has 514 valence electrons. The van der Waals surface area contributed by atoms with E-state index in [0.717, 1.165) is 73.1 Å². The molecule has 0 N–H and O–H groups in total. The molecule has 0 atom stereocenters. The van der Waals surface area contributed by atoms with Gasteiger partial charge in [0, 0.05) is 45.0 Å². The minimum atomic E-state index is -0.229. The van der Waals surface area contributed by atoms with E-state index in [1.807, 2.05) is 0 Å². The number of hydrogen-bond acceptors (Lipinski definition) is 2. The van der Waals surface area contributed by atoms with Crippen molar-refractivity contribution in [2.45, 2.75) is 131 Å². The summed E-state index contributed by atoms with van der Waals surface area (Å²) in [6.45, 7) is 35.1. The van der Waals surface area contributed by atoms with Crippen molar-refractivity contribution in [3.05, 3.63) is 319 Å². The third kappa shape index (κ3) is 11.8. The van der Waals surface area contributed by atoms with Gasteiger partial charge in [0.15, 0.2) is 0 Å². The Labute approximate surface area is 623 Å². The van der Waals surface area contributed by atoms with Crippen LogP contribution in [0.25, 0.3) is 110 Å². The van der Waals surface area contributed by atoms with Crippen LogP contribution in [0.5, 0.6) is 0 Å². The Morgan fingerprint density at radius 1 is 0.219 bits per heavy atom. The molecule has 105 heavy (non-hydrogen) atoms. The van der Waals surface area contributed by atoms with Crippen molar-refractivity contribution in [2.24, 2.45) is 0 Å². The van der Waals surface area contributed by atoms with Crippen LogP contribution in [0.3, 0.4) is 0 Å². The van der Waals surface area contributed by atoms with E-state index in [4.69, 9.17) is 0 Å². The Hall–Kier alpha value is -11.0. The number of benzene rings is 15. The molecule has 0 unspecified atom stereocenters. The predicted molar refractivity (Wildman–Crippen MR) is 456 cm³/mol. The molecule has 0 saturated heterocycles. The second-order valence-corrected chi connectivity index (χ2v) is 35.0. The summed E-state index contributed by atoms with van der Waals surface area (Å²) in [5.74, 6) is 0. The van der Waals surface area contributed by atoms with E-state index in [1.54, 1.807) is 0 Å². The van der Waals surface area contributed by atoms with E-state index in [1.165, 1.54) is 115 Å². The fraction of sp³-hybridized carbons (Fsp3) is 0.196. The van der Waals surface area contributed by atoms with Gasteiger partial charge in [0.1, 0.15) is 0 Å². The Bertz CT molecular complexity index is 5750. The van der Waals surface area contributed by atoms with Crippen LogP contribution in [0, 0.1) is 0 Å². The summed E-state index contributed by atoms with van der Waals surface area (Å²) < 4.78 is 0. The molecule has 17 rings (SSSR count). The summed E-state index contributed by atoms with van der Waals surface area (Å²) in [6, 6.07) is 113. The van der Waals surface area contributed by atoms with Crippen molar-refractivity contribution in [1.82, 2.24) is 0 Å². The first kappa shape index (κ1) is 67.2. The summed E-state index contributed by atoms with van der Waals surface area (Å²) >= 11 is 0. The summed E-state index contributed by atoms with van der Waals surface area (Å²) in [5.41, 5.74) is 32.9. The van der Waals surface area contributed by atoms with Gasteiger partial charge in [-0.1, -0.05) is 334 Å². The topological polar surface area (TPSA) is 6.48 Å². The van der Waals surface area contributed by atoms with Crippen LogP contribution in [0.2, 0.25) is 0 Å². The van der Waals surface area contributed by atoms with E-state index in [0.29, 0.717) is 0 Å². The number of anilines is 6. The minimum Gasteiger partial charge on any atom is -0.310 e. The second-order valence-electron chi connectivity index (χ2n) is 35.0. The molecule has 0 bridgehead atoms. The molecule has 15 aromatic rings. The molecule has 3 heteroatoms. The van der Waals surface area contributed by atoms with Gasteiger partial charge >= 0.3 is 0 Å². The van der Waals surface area contributed by atoms with Gasteiger partial charge in [-0.15, -0.1) is 0 Å². The standard InChI is InChI=1S/C102H93BN2/c1-98(2,3)76-47-43-65(44-48-76)74-57-91-95-92(58-74)105(97-84(68-37-27-19-28-38-68)61-80(102(13,14)15)62-85(97)69-39-29-20-30-40-69)90-56-71(81-54-75-53-77(99(4,5)6)51-72-41-42-73-52-78(100(7,8)9)63-86(81)94(73)93(72)75)46-50-88(90)103(95)87-49-45-70(64-31-21-16-22-32-64)55-89(87)104(91)96-82(66-33-23-17-24-34-66)59-79(101(10,11)12)60-83(96)67-35-25-18-26-36-67/h16-63H,1-15H3. The van der Waals surface area contributed by atoms with E-state index in [9.17, 15) is 0 Å². The zero-order chi connectivity index (χ0) is 72.8. The first-order valence-electron chi connectivity index (χ1n) is 37.8. The Morgan fingerprint density at radius 3 is 0.952 bits per heavy atom. The SMILES string of the molecule is CC(C)(C)c1ccc(-c2cc3c4c(c2)N(c2c(-c5ccccc5)cc(C(C)(C)C)cc2-c2ccccc2)c2cc(-c5cc6cc(C(C)(C)C)cc7ccc8cc(C(C)(C)C)cc5c8c76)ccc2B4c2ccc(-c4ccccc4)cc2N3c2c(-c3ccccc3)cc(C(C)(C)C)cc2-c2ccccc2)cc1. The van der Waals surface area contributed by atoms with E-state index >= 15 is 0 Å². The highest BCUT2D eigenvalue weighted by Crippen LogP contribution is 2.56. The fourth-order valence-electron chi connectivity index (χ4n) is 16.8. The number of hydrogen-bond donors (Lipinski definition) is 0. The molecule has 2 aliphatic heterocycles. The fourth-order valence-corrected chi connectivity index (χ4v) is 16.8. The van der Waals surface area contributed by atoms with E-state index < -0.39 is 0 Å². The molecule has 0 fully saturated rings. The van der Waals surface area contributed by atoms with Gasteiger partial charge in [0.25, 0.3) is 6.71 Å². The van der Waals surface area contributed by atoms with Gasteiger partial charge in [-0.25, -0.2) is 0 Å². The number of fused-ring (bicyclic) bond motifs is 4. The van der Waals surface area contributed by atoms with Crippen molar-refractivity contribution in [3.8, 4) is 77.9 Å². The van der Waals surface area contributed by atoms with Gasteiger partial charge in [-0.3, -0.25) is 0 Å². The highest BCUT2D eigenvalue weighted by Gasteiger charge is 2.46. The number of rotatable bonds is 9. The highest BCUT2D eigenvalue weighted by molar-refractivity contribution is 7.00. The van der Waals surface area contributed by atoms with Crippen LogP contribution >= 0.6 is 0 Å². The lowest BCUT2D eigenvalue weighted by Crippen LogP contribution is -2.61. The maximum Gasteiger partial charge on any atom is 0.252 e. The normalized spacial score (nSPS) is 13.2. The van der Waals surface area contributed by atoms with Gasteiger partial charge in [-0.2, -0.15) is 0 Å². The summed E-state index contributed by atoms with van der Waals surface area (Å²) in [6.07, 6.45) is 0. The molecule has 0 amide bonds. The molecular formula is C102H93BN2. The smallest absolute Gasteiger partial charge is 0.252 e. The van der Waals surface area contributed by atoms with Crippen molar-refractivity contribution in [1.29, 1.82) is 0 Å². The van der Waals surface area contributed by atoms with Gasteiger partial charge in [-0.05, 0) is 220 Å². The van der Waals surface area contributed by atoms with Crippen LogP contribution in [-0.4, -0.2) is 6.71 Å². The monoisotopic (exact) mass is 1360 g/mol. The quantitative estimate of drug-likeness (QED) is 0.105. The number of nitrogens with zero attached hydrogens (tertiary/aromatic N) is 2. The Balaban J connectivity index is 1.08. The molecule has 0 aromatic heterocycles. The zero-order valence-corrected chi connectivity index (χ0v) is 63.7. The Kier molecular flexibility index (Phi) is 15.9. The van der Waals surface area contributed by atoms with E-state index in [-0.39, 0.29) is 33.8 Å². The van der Waals surface area contributed by atoms with Crippen molar-refractivity contribution in [3.63, 3.8) is 0 Å². The third-order valence-electron chi connectivity index (χ3n) is 22.7. The molecular weight excluding hydrogens is 1260 g/mol. The summed E-state index contributed by atoms with van der Waals surface area (Å²) in [7, 11) is 0. The van der Waals surface area contributed by atoms with Gasteiger partial charge < -0.3 is 9.80 Å². The lowest BCUT2D eigenvalue weighted by Gasteiger charge is -2.46. The molecule has 2 heterocycles. The van der Waals surface area contributed by atoms with E-state index in [2.05, 4.69) is 405 Å². The van der Waals surface area contributed by atoms with Gasteiger partial charge in [0.05, 0.1) is 11.4 Å². The Morgan fingerprint density at radius 2 is 0.543 bits per heavy atom. The van der Waals surface area contributed by atoms with Crippen LogP contribution < -0.4 is 26.2 Å². The molecule has 0 aliphatic carbocycles. The maximum atomic E-state index is 2.76. The third-order valence-corrected chi connectivity index (χ3v) is 22.7. The summed E-state index contributed by atoms with van der Waals surface area (Å²) in [4.78, 5) is 5.48. The zero-order valence-electron chi connectivity index (χ0n) is 63.7. The average molecular weight is 1360 g/mol. The average Bonchev–Trinajstić information content (AvgIpc) is 0.687. The maximum absolute atomic E-state index is 2.76. The lowest BCUT2D eigenvalue weighted by atomic mass is 9.33. The minimum absolute atomic E-state index is 0.0539. The largest absolute Gasteiger partial charge is 0.310 e. The molecule has 15 aromatic carbocycles. The van der Waals surface area contributed by atoms with Crippen molar-refractivity contribution >= 4 is 89.5 Å².